The molecule has 0 N–H and O–H groups in total. The second kappa shape index (κ2) is 8.11. The minimum atomic E-state index is 0. The van der Waals surface area contributed by atoms with Crippen LogP contribution in [-0.2, 0) is 20.4 Å². The number of hydrogen-bond acceptors (Lipinski definition) is 0. The summed E-state index contributed by atoms with van der Waals surface area (Å²) in [6, 6.07) is 0. The van der Waals surface area contributed by atoms with Crippen LogP contribution in [0.5, 0.6) is 0 Å². The summed E-state index contributed by atoms with van der Waals surface area (Å²) in [5.74, 6) is 0. The number of halogens is 2. The monoisotopic (exact) mass is 253 g/mol. The van der Waals surface area contributed by atoms with E-state index in [2.05, 4.69) is 40.4 Å². The SMILES string of the molecule is CCCCC1=[C]([Ti+2])C(C)=CC1.[Cl-].[Cl-]. The molecule has 3 heteroatoms. The maximum Gasteiger partial charge on any atom is -1.00 e. The van der Waals surface area contributed by atoms with Crippen molar-refractivity contribution in [1.29, 1.82) is 0 Å². The van der Waals surface area contributed by atoms with Crippen LogP contribution >= 0.6 is 0 Å². The molecule has 0 aromatic carbocycles. The molecular weight excluding hydrogens is 239 g/mol. The van der Waals surface area contributed by atoms with Gasteiger partial charge in [0.05, 0.1) is 0 Å². The first-order chi connectivity index (χ1) is 5.25. The molecule has 1 aliphatic carbocycles. The molecule has 0 aliphatic heterocycles. The summed E-state index contributed by atoms with van der Waals surface area (Å²) in [4.78, 5) is 0. The first kappa shape index (κ1) is 16.2. The molecule has 0 atom stereocenters. The van der Waals surface area contributed by atoms with Crippen LogP contribution in [0.1, 0.15) is 39.5 Å². The maximum atomic E-state index is 2.35. The molecule has 73 valence electrons. The van der Waals surface area contributed by atoms with Gasteiger partial charge in [-0.3, -0.25) is 0 Å². The number of hydrogen-bond donors (Lipinski definition) is 0. The minimum Gasteiger partial charge on any atom is -1.00 e. The van der Waals surface area contributed by atoms with E-state index in [1.54, 1.807) is 9.45 Å². The molecule has 0 radical (unpaired) electrons. The summed E-state index contributed by atoms with van der Waals surface area (Å²) in [5, 5.41) is 0. The van der Waals surface area contributed by atoms with Crippen LogP contribution in [0.4, 0.5) is 0 Å². The summed E-state index contributed by atoms with van der Waals surface area (Å²) >= 11 is 2.25. The van der Waals surface area contributed by atoms with Crippen LogP contribution in [0, 0.1) is 0 Å². The summed E-state index contributed by atoms with van der Waals surface area (Å²) in [6.07, 6.45) is 7.55. The van der Waals surface area contributed by atoms with Gasteiger partial charge in [0.25, 0.3) is 0 Å². The summed E-state index contributed by atoms with van der Waals surface area (Å²) in [6.45, 7) is 4.47. The Morgan fingerprint density at radius 3 is 2.38 bits per heavy atom. The van der Waals surface area contributed by atoms with Gasteiger partial charge in [0.2, 0.25) is 0 Å². The van der Waals surface area contributed by atoms with Gasteiger partial charge in [-0.2, -0.15) is 0 Å². The van der Waals surface area contributed by atoms with E-state index >= 15 is 0 Å². The summed E-state index contributed by atoms with van der Waals surface area (Å²) in [5.41, 5.74) is 3.17. The van der Waals surface area contributed by atoms with Crippen molar-refractivity contribution in [3.8, 4) is 0 Å². The van der Waals surface area contributed by atoms with Gasteiger partial charge in [0.15, 0.2) is 0 Å². The third-order valence-corrected chi connectivity index (χ3v) is 3.40. The van der Waals surface area contributed by atoms with E-state index < -0.39 is 0 Å². The van der Waals surface area contributed by atoms with Crippen molar-refractivity contribution in [1.82, 2.24) is 0 Å². The van der Waals surface area contributed by atoms with Crippen LogP contribution in [0.15, 0.2) is 21.1 Å². The zero-order valence-corrected chi connectivity index (χ0v) is 11.2. The molecule has 0 nitrogen and oxygen atoms in total. The van der Waals surface area contributed by atoms with Gasteiger partial charge in [0.1, 0.15) is 0 Å². The van der Waals surface area contributed by atoms with E-state index in [1.165, 1.54) is 31.3 Å². The smallest absolute Gasteiger partial charge is 1.00 e. The molecule has 0 saturated carbocycles. The van der Waals surface area contributed by atoms with Crippen molar-refractivity contribution in [2.24, 2.45) is 0 Å². The molecule has 0 fully saturated rings. The molecule has 0 aromatic rings. The molecule has 0 amide bonds. The zero-order valence-electron chi connectivity index (χ0n) is 8.16. The largest absolute Gasteiger partial charge is 1.00 e. The van der Waals surface area contributed by atoms with Crippen LogP contribution in [0.25, 0.3) is 0 Å². The quantitative estimate of drug-likeness (QED) is 0.482. The third kappa shape index (κ3) is 4.69. The van der Waals surface area contributed by atoms with E-state index in [1.807, 2.05) is 0 Å². The molecule has 1 rings (SSSR count). The topological polar surface area (TPSA) is 0 Å². The van der Waals surface area contributed by atoms with Crippen molar-refractivity contribution in [2.45, 2.75) is 39.5 Å². The number of rotatable bonds is 3. The van der Waals surface area contributed by atoms with E-state index in [0.717, 1.165) is 0 Å². The Morgan fingerprint density at radius 2 is 2.00 bits per heavy atom. The molecule has 0 unspecified atom stereocenters. The molecule has 0 saturated heterocycles. The fourth-order valence-electron chi connectivity index (χ4n) is 1.38. The summed E-state index contributed by atoms with van der Waals surface area (Å²) in [7, 11) is 0. The summed E-state index contributed by atoms with van der Waals surface area (Å²) < 4.78 is 1.55. The fraction of sp³-hybridized carbons (Fsp3) is 0.600. The van der Waals surface area contributed by atoms with E-state index in [9.17, 15) is 0 Å². The van der Waals surface area contributed by atoms with Gasteiger partial charge in [0, 0.05) is 0 Å². The molecule has 1 aliphatic rings. The van der Waals surface area contributed by atoms with Crippen molar-refractivity contribution >= 4 is 0 Å². The molecule has 0 bridgehead atoms. The Morgan fingerprint density at radius 1 is 1.38 bits per heavy atom. The molecular formula is C10H15Cl2Ti. The zero-order chi connectivity index (χ0) is 8.27. The number of unbranched alkanes of at least 4 members (excludes halogenated alkanes) is 1. The Bertz CT molecular complexity index is 207. The van der Waals surface area contributed by atoms with Crippen molar-refractivity contribution < 1.29 is 45.2 Å². The van der Waals surface area contributed by atoms with Crippen LogP contribution < -0.4 is 24.8 Å². The molecule has 0 aromatic heterocycles. The Labute approximate surface area is 105 Å². The second-order valence-corrected chi connectivity index (χ2v) is 3.95. The maximum absolute atomic E-state index is 2.35. The normalized spacial score (nSPS) is 14.9. The molecule has 0 spiro atoms. The van der Waals surface area contributed by atoms with Crippen LogP contribution in [0.3, 0.4) is 0 Å². The Balaban J connectivity index is 0. The molecule has 13 heavy (non-hydrogen) atoms. The minimum absolute atomic E-state index is 0. The van der Waals surface area contributed by atoms with Gasteiger partial charge in [-0.05, 0) is 0 Å². The van der Waals surface area contributed by atoms with Crippen LogP contribution in [0.2, 0.25) is 0 Å². The van der Waals surface area contributed by atoms with Crippen molar-refractivity contribution in [3.63, 3.8) is 0 Å². The average molecular weight is 254 g/mol. The van der Waals surface area contributed by atoms with Gasteiger partial charge in [-0.1, -0.05) is 0 Å². The number of allylic oxidation sites excluding steroid dienone is 4. The van der Waals surface area contributed by atoms with E-state index in [0.29, 0.717) is 0 Å². The van der Waals surface area contributed by atoms with Crippen LogP contribution in [-0.4, -0.2) is 0 Å². The predicted octanol–water partition coefficient (Wildman–Crippen LogP) is -2.66. The van der Waals surface area contributed by atoms with Gasteiger partial charge in [-0.25, -0.2) is 0 Å². The van der Waals surface area contributed by atoms with Crippen molar-refractivity contribution in [2.75, 3.05) is 0 Å². The predicted molar refractivity (Wildman–Crippen MR) is 44.9 cm³/mol. The van der Waals surface area contributed by atoms with E-state index in [-0.39, 0.29) is 24.8 Å². The Kier molecular flexibility index (Phi) is 10.1. The first-order valence-electron chi connectivity index (χ1n) is 4.36. The first-order valence-corrected chi connectivity index (χ1v) is 5.14. The fourth-order valence-corrected chi connectivity index (χ4v) is 1.89. The van der Waals surface area contributed by atoms with Gasteiger partial charge >= 0.3 is 81.1 Å². The van der Waals surface area contributed by atoms with E-state index in [4.69, 9.17) is 0 Å². The molecule has 0 heterocycles. The standard InChI is InChI=1S/C10H15.2ClH.Ti/c1-3-4-5-10-7-6-9(2)8-10;;;/h6H,3-5,7H2,1-2H3;2*1H;/q;;;+2/p-2. The average Bonchev–Trinajstić information content (AvgIpc) is 2.31. The second-order valence-electron chi connectivity index (χ2n) is 3.17. The van der Waals surface area contributed by atoms with Crippen molar-refractivity contribution in [3.05, 3.63) is 21.1 Å². The van der Waals surface area contributed by atoms with Gasteiger partial charge in [-0.15, -0.1) is 0 Å². The van der Waals surface area contributed by atoms with Gasteiger partial charge < -0.3 is 24.8 Å². The third-order valence-electron chi connectivity index (χ3n) is 2.23. The Hall–Kier alpha value is 0.774.